The third-order valence-electron chi connectivity index (χ3n) is 4.52. The number of aromatic nitrogens is 2. The number of imidazole rings is 1. The number of nitrogens with one attached hydrogen (secondary N) is 1. The number of fused-ring (bicyclic) bond motifs is 2. The number of aromatic amines is 1. The molecule has 0 atom stereocenters. The highest BCUT2D eigenvalue weighted by atomic mass is 32.2. The van der Waals surface area contributed by atoms with Gasteiger partial charge in [0.15, 0.2) is 0 Å². The van der Waals surface area contributed by atoms with Crippen LogP contribution in [0.2, 0.25) is 0 Å². The number of nitrogen functional groups attached to an aromatic ring is 1. The molecule has 0 amide bonds. The molecule has 1 heterocycles. The molecule has 0 bridgehead atoms. The number of aryl methyl sites for hydroxylation is 2. The molecule has 0 unspecified atom stereocenters. The number of hydrogen-bond acceptors (Lipinski definition) is 4. The fraction of sp³-hybridized carbons (Fsp3) is 0.235. The summed E-state index contributed by atoms with van der Waals surface area (Å²) in [6, 6.07) is 9.82. The number of anilines is 1. The summed E-state index contributed by atoms with van der Waals surface area (Å²) >= 11 is 0. The molecule has 1 aliphatic rings. The third kappa shape index (κ3) is 2.24. The van der Waals surface area contributed by atoms with Crippen LogP contribution >= 0.6 is 0 Å². The van der Waals surface area contributed by atoms with Crippen molar-refractivity contribution in [1.29, 1.82) is 0 Å². The lowest BCUT2D eigenvalue weighted by Crippen LogP contribution is -2.25. The Morgan fingerprint density at radius 2 is 1.75 bits per heavy atom. The first kappa shape index (κ1) is 15.0. The van der Waals surface area contributed by atoms with Gasteiger partial charge in [-0.05, 0) is 67.1 Å². The molecule has 124 valence electrons. The smallest absolute Gasteiger partial charge is 0.340 e. The second-order valence-corrected chi connectivity index (χ2v) is 7.90. The summed E-state index contributed by atoms with van der Waals surface area (Å²) in [5.41, 5.74) is 8.42. The van der Waals surface area contributed by atoms with Gasteiger partial charge < -0.3 is 10.7 Å². The van der Waals surface area contributed by atoms with E-state index in [9.17, 15) is 13.2 Å². The maximum absolute atomic E-state index is 13.0. The highest BCUT2D eigenvalue weighted by molar-refractivity contribution is 7.90. The van der Waals surface area contributed by atoms with Crippen LogP contribution in [0.5, 0.6) is 0 Å². The molecule has 0 spiro atoms. The van der Waals surface area contributed by atoms with Gasteiger partial charge in [-0.1, -0.05) is 6.07 Å². The number of hydrogen-bond donors (Lipinski definition) is 2. The van der Waals surface area contributed by atoms with E-state index in [2.05, 4.69) is 4.98 Å². The van der Waals surface area contributed by atoms with Gasteiger partial charge in [0.1, 0.15) is 0 Å². The lowest BCUT2D eigenvalue weighted by atomic mass is 9.92. The van der Waals surface area contributed by atoms with Crippen LogP contribution in [0, 0.1) is 0 Å². The molecule has 1 aromatic heterocycles. The first-order valence-corrected chi connectivity index (χ1v) is 9.28. The van der Waals surface area contributed by atoms with Crippen molar-refractivity contribution in [3.05, 3.63) is 58.0 Å². The summed E-state index contributed by atoms with van der Waals surface area (Å²) in [4.78, 5) is 14.9. The molecule has 0 saturated heterocycles. The molecule has 3 N–H and O–H groups in total. The van der Waals surface area contributed by atoms with Gasteiger partial charge in [-0.2, -0.15) is 3.97 Å². The maximum Gasteiger partial charge on any atom is 0.340 e. The van der Waals surface area contributed by atoms with E-state index >= 15 is 0 Å². The number of benzene rings is 2. The van der Waals surface area contributed by atoms with E-state index in [4.69, 9.17) is 5.73 Å². The van der Waals surface area contributed by atoms with Crippen molar-refractivity contribution < 1.29 is 8.42 Å². The van der Waals surface area contributed by atoms with E-state index < -0.39 is 15.7 Å². The number of nitrogens with zero attached hydrogens (tertiary/aromatic N) is 1. The first-order valence-electron chi connectivity index (χ1n) is 7.84. The number of rotatable bonds is 2. The van der Waals surface area contributed by atoms with Gasteiger partial charge >= 0.3 is 5.69 Å². The summed E-state index contributed by atoms with van der Waals surface area (Å²) in [6.45, 7) is 0. The molecular formula is C17H17N3O3S. The monoisotopic (exact) mass is 343 g/mol. The van der Waals surface area contributed by atoms with Gasteiger partial charge in [-0.15, -0.1) is 0 Å². The molecule has 4 rings (SSSR count). The molecule has 2 aromatic carbocycles. The van der Waals surface area contributed by atoms with E-state index in [-0.39, 0.29) is 4.90 Å². The van der Waals surface area contributed by atoms with E-state index in [1.807, 2.05) is 6.07 Å². The van der Waals surface area contributed by atoms with E-state index in [1.54, 1.807) is 30.3 Å². The van der Waals surface area contributed by atoms with Crippen molar-refractivity contribution in [1.82, 2.24) is 8.96 Å². The average Bonchev–Trinajstić information content (AvgIpc) is 2.89. The van der Waals surface area contributed by atoms with Crippen LogP contribution in [-0.2, 0) is 22.9 Å². The predicted octanol–water partition coefficient (Wildman–Crippen LogP) is 2.03. The van der Waals surface area contributed by atoms with Crippen molar-refractivity contribution in [2.75, 3.05) is 5.73 Å². The molecule has 24 heavy (non-hydrogen) atoms. The quantitative estimate of drug-likeness (QED) is 0.696. The molecule has 7 heteroatoms. The largest absolute Gasteiger partial charge is 0.399 e. The average molecular weight is 343 g/mol. The second-order valence-electron chi connectivity index (χ2n) is 6.11. The Kier molecular flexibility index (Phi) is 3.28. The van der Waals surface area contributed by atoms with Gasteiger partial charge in [-0.3, -0.25) is 0 Å². The summed E-state index contributed by atoms with van der Waals surface area (Å²) in [6.07, 6.45) is 4.03. The van der Waals surface area contributed by atoms with Crippen molar-refractivity contribution in [2.45, 2.75) is 30.6 Å². The van der Waals surface area contributed by atoms with Gasteiger partial charge in [-0.25, -0.2) is 13.2 Å². The van der Waals surface area contributed by atoms with Gasteiger partial charge in [0.25, 0.3) is 10.0 Å². The molecule has 1 aliphatic carbocycles. The number of nitrogens with two attached hydrogens (primary N) is 1. The predicted molar refractivity (Wildman–Crippen MR) is 92.6 cm³/mol. The highest BCUT2D eigenvalue weighted by Crippen LogP contribution is 2.26. The minimum Gasteiger partial charge on any atom is -0.399 e. The van der Waals surface area contributed by atoms with Crippen LogP contribution in [0.25, 0.3) is 11.0 Å². The van der Waals surface area contributed by atoms with E-state index in [0.29, 0.717) is 16.7 Å². The fourth-order valence-corrected chi connectivity index (χ4v) is 4.74. The Balaban J connectivity index is 1.93. The molecular weight excluding hydrogens is 326 g/mol. The summed E-state index contributed by atoms with van der Waals surface area (Å²) in [5, 5.41) is 0. The van der Waals surface area contributed by atoms with Crippen LogP contribution in [0.3, 0.4) is 0 Å². The Morgan fingerprint density at radius 3 is 2.54 bits per heavy atom. The van der Waals surface area contributed by atoms with Crippen molar-refractivity contribution in [3.63, 3.8) is 0 Å². The Morgan fingerprint density at radius 1 is 1.00 bits per heavy atom. The topological polar surface area (TPSA) is 97.9 Å². The molecule has 3 aromatic rings. The van der Waals surface area contributed by atoms with E-state index in [0.717, 1.165) is 35.2 Å². The minimum atomic E-state index is -3.97. The lowest BCUT2D eigenvalue weighted by Gasteiger charge is -2.16. The van der Waals surface area contributed by atoms with Crippen LogP contribution in [0.1, 0.15) is 24.0 Å². The molecule has 0 fully saturated rings. The van der Waals surface area contributed by atoms with Crippen molar-refractivity contribution in [3.8, 4) is 0 Å². The van der Waals surface area contributed by atoms with E-state index in [1.165, 1.54) is 5.56 Å². The zero-order valence-corrected chi connectivity index (χ0v) is 13.8. The van der Waals surface area contributed by atoms with Crippen LogP contribution in [0.15, 0.2) is 46.1 Å². The molecule has 0 radical (unpaired) electrons. The zero-order valence-electron chi connectivity index (χ0n) is 13.0. The highest BCUT2D eigenvalue weighted by Gasteiger charge is 2.24. The molecule has 6 nitrogen and oxygen atoms in total. The zero-order chi connectivity index (χ0) is 16.9. The Bertz CT molecular complexity index is 1110. The van der Waals surface area contributed by atoms with Crippen LogP contribution < -0.4 is 11.4 Å². The Hall–Kier alpha value is -2.54. The fourth-order valence-electron chi connectivity index (χ4n) is 3.32. The van der Waals surface area contributed by atoms with Crippen molar-refractivity contribution >= 4 is 26.7 Å². The van der Waals surface area contributed by atoms with Crippen LogP contribution in [0.4, 0.5) is 5.69 Å². The van der Waals surface area contributed by atoms with Crippen LogP contribution in [-0.4, -0.2) is 17.4 Å². The summed E-state index contributed by atoms with van der Waals surface area (Å²) in [5.74, 6) is 0. The molecule has 0 aliphatic heterocycles. The third-order valence-corrected chi connectivity index (χ3v) is 6.22. The second kappa shape index (κ2) is 5.24. The standard InChI is InChI=1S/C17H17N3O3S/c18-13-6-8-16-15(10-13)19-17(21)20(16)24(22,23)14-7-5-11-3-1-2-4-12(11)9-14/h5-10H,1-4,18H2,(H,19,21). The van der Waals surface area contributed by atoms with Gasteiger partial charge in [0.05, 0.1) is 15.9 Å². The SMILES string of the molecule is Nc1ccc2c(c1)[nH]c(=O)n2S(=O)(=O)c1ccc2c(c1)CCCC2. The molecule has 0 saturated carbocycles. The first-order chi connectivity index (χ1) is 11.5. The maximum atomic E-state index is 13.0. The lowest BCUT2D eigenvalue weighted by molar-refractivity contribution is 0.586. The van der Waals surface area contributed by atoms with Gasteiger partial charge in [0.2, 0.25) is 0 Å². The normalized spacial score (nSPS) is 14.7. The number of H-pyrrole nitrogens is 1. The Labute approximate surface area is 139 Å². The minimum absolute atomic E-state index is 0.142. The summed E-state index contributed by atoms with van der Waals surface area (Å²) < 4.78 is 26.8. The van der Waals surface area contributed by atoms with Crippen molar-refractivity contribution in [2.24, 2.45) is 0 Å². The van der Waals surface area contributed by atoms with Gasteiger partial charge in [0, 0.05) is 5.69 Å². The summed E-state index contributed by atoms with van der Waals surface area (Å²) in [7, 11) is -3.97.